The fourth-order valence-electron chi connectivity index (χ4n) is 2.29. The third kappa shape index (κ3) is 8.15. The lowest BCUT2D eigenvalue weighted by molar-refractivity contribution is -0.116. The van der Waals surface area contributed by atoms with Gasteiger partial charge >= 0.3 is 0 Å². The molecule has 2 rings (SSSR count). The molecule has 0 aliphatic rings. The Kier molecular flexibility index (Phi) is 8.67. The lowest BCUT2D eigenvalue weighted by Crippen LogP contribution is -2.32. The largest absolute Gasteiger partial charge is 0.332 e. The molecule has 3 N–H and O–H groups in total. The van der Waals surface area contributed by atoms with Crippen molar-refractivity contribution in [3.8, 4) is 0 Å². The molecule has 7 heteroatoms. The second-order valence-electron chi connectivity index (χ2n) is 5.88. The summed E-state index contributed by atoms with van der Waals surface area (Å²) in [7, 11) is 0. The predicted molar refractivity (Wildman–Crippen MR) is 117 cm³/mol. The Morgan fingerprint density at radius 1 is 1.11 bits per heavy atom. The van der Waals surface area contributed by atoms with Crippen LogP contribution in [0.2, 0.25) is 0 Å². The molecule has 27 heavy (non-hydrogen) atoms. The number of thiophene rings is 1. The molecule has 0 atom stereocenters. The lowest BCUT2D eigenvalue weighted by atomic mass is 10.2. The molecule has 0 bridgehead atoms. The van der Waals surface area contributed by atoms with E-state index < -0.39 is 0 Å². The number of nitrogens with one attached hydrogen (secondary N) is 3. The fourth-order valence-corrected chi connectivity index (χ4v) is 3.13. The van der Waals surface area contributed by atoms with Crippen molar-refractivity contribution < 1.29 is 9.59 Å². The van der Waals surface area contributed by atoms with E-state index in [4.69, 9.17) is 12.2 Å². The maximum Gasteiger partial charge on any atom is 0.250 e. The molecule has 0 spiro atoms. The highest BCUT2D eigenvalue weighted by Gasteiger charge is 2.05. The van der Waals surface area contributed by atoms with Crippen LogP contribution in [0.5, 0.6) is 0 Å². The van der Waals surface area contributed by atoms with Crippen molar-refractivity contribution in [2.45, 2.75) is 32.6 Å². The summed E-state index contributed by atoms with van der Waals surface area (Å²) >= 11 is 6.72. The van der Waals surface area contributed by atoms with Gasteiger partial charge in [-0.25, -0.2) is 0 Å². The smallest absolute Gasteiger partial charge is 0.250 e. The van der Waals surface area contributed by atoms with Gasteiger partial charge in [0.2, 0.25) is 11.8 Å². The number of unbranched alkanes of at least 4 members (excludes halogenated alkanes) is 2. The van der Waals surface area contributed by atoms with E-state index in [9.17, 15) is 9.59 Å². The van der Waals surface area contributed by atoms with Crippen molar-refractivity contribution in [3.05, 3.63) is 52.7 Å². The number of thiocarbonyl (C=S) groups is 1. The number of anilines is 2. The number of benzene rings is 1. The topological polar surface area (TPSA) is 70.2 Å². The molecule has 2 amide bonds. The first-order valence-electron chi connectivity index (χ1n) is 8.80. The van der Waals surface area contributed by atoms with Crippen molar-refractivity contribution in [3.63, 3.8) is 0 Å². The SMILES string of the molecule is CCCCCC(=O)Nc1cccc(NC(=S)NC(=O)/C=C/c2cccs2)c1. The van der Waals surface area contributed by atoms with Gasteiger partial charge in [-0.1, -0.05) is 31.9 Å². The van der Waals surface area contributed by atoms with E-state index in [0.717, 1.165) is 24.1 Å². The highest BCUT2D eigenvalue weighted by molar-refractivity contribution is 7.80. The van der Waals surface area contributed by atoms with Gasteiger partial charge in [-0.15, -0.1) is 11.3 Å². The summed E-state index contributed by atoms with van der Waals surface area (Å²) in [6.45, 7) is 2.10. The third-order valence-corrected chi connectivity index (χ3v) is 4.63. The zero-order chi connectivity index (χ0) is 19.5. The molecule has 0 aliphatic carbocycles. The quantitative estimate of drug-likeness (QED) is 0.338. The molecule has 142 valence electrons. The van der Waals surface area contributed by atoms with Crippen molar-refractivity contribution >= 4 is 57.9 Å². The van der Waals surface area contributed by atoms with Gasteiger partial charge in [0.25, 0.3) is 0 Å². The molecule has 0 unspecified atom stereocenters. The first-order chi connectivity index (χ1) is 13.1. The Labute approximate surface area is 168 Å². The number of carbonyl (C=O) groups is 2. The molecular weight excluding hydrogens is 378 g/mol. The van der Waals surface area contributed by atoms with Gasteiger partial charge in [-0.05, 0) is 54.4 Å². The van der Waals surface area contributed by atoms with Crippen LogP contribution in [0.3, 0.4) is 0 Å². The lowest BCUT2D eigenvalue weighted by Gasteiger charge is -2.10. The molecule has 0 radical (unpaired) electrons. The minimum atomic E-state index is -0.304. The number of amides is 2. The predicted octanol–water partition coefficient (Wildman–Crippen LogP) is 4.79. The fraction of sp³-hybridized carbons (Fsp3) is 0.250. The van der Waals surface area contributed by atoms with Crippen molar-refractivity contribution in [1.82, 2.24) is 5.32 Å². The highest BCUT2D eigenvalue weighted by Crippen LogP contribution is 2.16. The summed E-state index contributed by atoms with van der Waals surface area (Å²) in [6.07, 6.45) is 6.69. The first-order valence-corrected chi connectivity index (χ1v) is 10.1. The average Bonchev–Trinajstić information content (AvgIpc) is 3.14. The van der Waals surface area contributed by atoms with Crippen LogP contribution in [0, 0.1) is 0 Å². The number of rotatable bonds is 8. The van der Waals surface area contributed by atoms with E-state index in [2.05, 4.69) is 22.9 Å². The van der Waals surface area contributed by atoms with Crippen LogP contribution in [-0.4, -0.2) is 16.9 Å². The second-order valence-corrected chi connectivity index (χ2v) is 7.27. The molecule has 2 aromatic rings. The van der Waals surface area contributed by atoms with Crippen molar-refractivity contribution in [2.24, 2.45) is 0 Å². The van der Waals surface area contributed by atoms with E-state index >= 15 is 0 Å². The summed E-state index contributed by atoms with van der Waals surface area (Å²) in [6, 6.07) is 11.1. The summed E-state index contributed by atoms with van der Waals surface area (Å²) in [5.41, 5.74) is 1.38. The van der Waals surface area contributed by atoms with E-state index in [1.807, 2.05) is 35.7 Å². The van der Waals surface area contributed by atoms with Crippen LogP contribution in [0.25, 0.3) is 6.08 Å². The summed E-state index contributed by atoms with van der Waals surface area (Å²) in [4.78, 5) is 24.8. The van der Waals surface area contributed by atoms with Crippen molar-refractivity contribution in [1.29, 1.82) is 0 Å². The normalized spacial score (nSPS) is 10.6. The van der Waals surface area contributed by atoms with Crippen LogP contribution >= 0.6 is 23.6 Å². The molecule has 1 heterocycles. The van der Waals surface area contributed by atoms with E-state index in [0.29, 0.717) is 17.8 Å². The maximum atomic E-state index is 11.9. The summed E-state index contributed by atoms with van der Waals surface area (Å²) < 4.78 is 0. The molecule has 0 aliphatic heterocycles. The zero-order valence-electron chi connectivity index (χ0n) is 15.2. The third-order valence-electron chi connectivity index (χ3n) is 3.59. The van der Waals surface area contributed by atoms with Gasteiger partial charge in [0, 0.05) is 28.7 Å². The van der Waals surface area contributed by atoms with Crippen LogP contribution in [-0.2, 0) is 9.59 Å². The van der Waals surface area contributed by atoms with Gasteiger partial charge in [-0.3, -0.25) is 14.9 Å². The van der Waals surface area contributed by atoms with E-state index in [1.165, 1.54) is 6.08 Å². The molecular formula is C20H23N3O2S2. The molecule has 0 saturated carbocycles. The van der Waals surface area contributed by atoms with Gasteiger partial charge in [0.1, 0.15) is 0 Å². The van der Waals surface area contributed by atoms with E-state index in [-0.39, 0.29) is 16.9 Å². The Hall–Kier alpha value is -2.51. The van der Waals surface area contributed by atoms with Crippen LogP contribution in [0.4, 0.5) is 11.4 Å². The number of hydrogen-bond acceptors (Lipinski definition) is 4. The Balaban J connectivity index is 1.83. The number of carbonyl (C=O) groups excluding carboxylic acids is 2. The van der Waals surface area contributed by atoms with Gasteiger partial charge in [0.15, 0.2) is 5.11 Å². The van der Waals surface area contributed by atoms with E-state index in [1.54, 1.807) is 23.5 Å². The Morgan fingerprint density at radius 3 is 2.59 bits per heavy atom. The van der Waals surface area contributed by atoms with Gasteiger partial charge < -0.3 is 10.6 Å². The van der Waals surface area contributed by atoms with Crippen molar-refractivity contribution in [2.75, 3.05) is 10.6 Å². The molecule has 1 aromatic carbocycles. The highest BCUT2D eigenvalue weighted by atomic mass is 32.1. The zero-order valence-corrected chi connectivity index (χ0v) is 16.8. The molecule has 5 nitrogen and oxygen atoms in total. The Bertz CT molecular complexity index is 801. The first kappa shape index (κ1) is 20.8. The summed E-state index contributed by atoms with van der Waals surface area (Å²) in [5, 5.41) is 10.6. The molecule has 0 fully saturated rings. The molecule has 0 saturated heterocycles. The minimum absolute atomic E-state index is 0.00445. The van der Waals surface area contributed by atoms with Crippen LogP contribution in [0.15, 0.2) is 47.9 Å². The number of hydrogen-bond donors (Lipinski definition) is 3. The van der Waals surface area contributed by atoms with Crippen LogP contribution in [0.1, 0.15) is 37.5 Å². The Morgan fingerprint density at radius 2 is 1.89 bits per heavy atom. The van der Waals surface area contributed by atoms with Gasteiger partial charge in [-0.2, -0.15) is 0 Å². The molecule has 1 aromatic heterocycles. The second kappa shape index (κ2) is 11.3. The minimum Gasteiger partial charge on any atom is -0.332 e. The van der Waals surface area contributed by atoms with Gasteiger partial charge in [0.05, 0.1) is 0 Å². The maximum absolute atomic E-state index is 11.9. The average molecular weight is 402 g/mol. The van der Waals surface area contributed by atoms with Crippen LogP contribution < -0.4 is 16.0 Å². The monoisotopic (exact) mass is 401 g/mol. The standard InChI is InChI=1S/C20H23N3O2S2/c1-2-3-4-10-18(24)21-15-7-5-8-16(14-15)22-20(26)23-19(25)12-11-17-9-6-13-27-17/h5-9,11-14H,2-4,10H2,1H3,(H,21,24)(H2,22,23,25,26)/b12-11+. The summed E-state index contributed by atoms with van der Waals surface area (Å²) in [5.74, 6) is -0.309.